The quantitative estimate of drug-likeness (QED) is 0.240. The second-order valence-electron chi connectivity index (χ2n) is 10.5. The van der Waals surface area contributed by atoms with E-state index < -0.39 is 5.91 Å². The van der Waals surface area contributed by atoms with Gasteiger partial charge < -0.3 is 10.4 Å². The van der Waals surface area contributed by atoms with Crippen LogP contribution in [0.4, 0.5) is 0 Å². The summed E-state index contributed by atoms with van der Waals surface area (Å²) in [5.41, 5.74) is 4.24. The number of amides is 2. The lowest BCUT2D eigenvalue weighted by atomic mass is 9.71. The molecule has 0 aliphatic heterocycles. The average Bonchev–Trinajstić information content (AvgIpc) is 2.95. The van der Waals surface area contributed by atoms with Gasteiger partial charge in [0.2, 0.25) is 0 Å². The number of aromatic hydroxyl groups is 1. The van der Waals surface area contributed by atoms with Crippen LogP contribution in [0.3, 0.4) is 0 Å². The minimum atomic E-state index is -0.441. The van der Waals surface area contributed by atoms with Crippen LogP contribution in [0.5, 0.6) is 5.75 Å². The summed E-state index contributed by atoms with van der Waals surface area (Å²) in [7, 11) is 0. The molecule has 2 atom stereocenters. The average molecular weight is 532 g/mol. The van der Waals surface area contributed by atoms with E-state index in [1.165, 1.54) is 69.6 Å². The zero-order valence-electron chi connectivity index (χ0n) is 21.5. The van der Waals surface area contributed by atoms with Gasteiger partial charge in [-0.3, -0.25) is 9.59 Å². The molecule has 3 aromatic rings. The molecule has 0 spiro atoms. The van der Waals surface area contributed by atoms with Crippen molar-refractivity contribution in [1.82, 2.24) is 10.7 Å². The Morgan fingerprint density at radius 1 is 0.868 bits per heavy atom. The molecular formula is C31H34ClN3O3. The number of halogens is 1. The van der Waals surface area contributed by atoms with E-state index in [-0.39, 0.29) is 28.3 Å². The molecule has 7 heteroatoms. The minimum Gasteiger partial charge on any atom is -0.506 e. The molecule has 5 rings (SSSR count). The van der Waals surface area contributed by atoms with Crippen molar-refractivity contribution in [2.75, 3.05) is 0 Å². The first-order valence-electron chi connectivity index (χ1n) is 13.7. The number of carbonyl (C=O) groups is 2. The van der Waals surface area contributed by atoms with Crippen molar-refractivity contribution in [1.29, 1.82) is 0 Å². The molecule has 3 aromatic carbocycles. The van der Waals surface area contributed by atoms with Crippen LogP contribution in [-0.2, 0) is 0 Å². The van der Waals surface area contributed by atoms with E-state index in [4.69, 9.17) is 11.6 Å². The maximum atomic E-state index is 13.5. The summed E-state index contributed by atoms with van der Waals surface area (Å²) in [4.78, 5) is 26.0. The number of carbonyl (C=O) groups excluding carboxylic acids is 2. The topological polar surface area (TPSA) is 90.8 Å². The summed E-state index contributed by atoms with van der Waals surface area (Å²) >= 11 is 5.90. The summed E-state index contributed by atoms with van der Waals surface area (Å²) in [5, 5.41) is 18.9. The van der Waals surface area contributed by atoms with E-state index in [1.54, 1.807) is 6.21 Å². The van der Waals surface area contributed by atoms with Gasteiger partial charge in [0.15, 0.2) is 0 Å². The Hall–Kier alpha value is -3.38. The number of hydrogen-bond donors (Lipinski definition) is 3. The van der Waals surface area contributed by atoms with Crippen LogP contribution in [-0.4, -0.2) is 29.2 Å². The molecule has 2 amide bonds. The van der Waals surface area contributed by atoms with E-state index in [9.17, 15) is 14.7 Å². The van der Waals surface area contributed by atoms with Gasteiger partial charge in [0.1, 0.15) is 5.75 Å². The van der Waals surface area contributed by atoms with E-state index in [0.717, 1.165) is 28.7 Å². The standard InChI is InChI=1S/C31H34ClN3O3/c32-27-18-21(15-17-29(27)36)30(37)35-33-19-22-14-16-26(25-12-5-4-10-23(22)25)31(38)34-28-13-7-6-11-24(28)20-8-2-1-3-9-20/h4-5,10,12,14-20,24,28,36H,1-3,6-9,11,13H2,(H,34,38)(H,35,37). The number of fused-ring (bicyclic) bond motifs is 1. The molecule has 2 fully saturated rings. The molecule has 3 N–H and O–H groups in total. The number of hydrogen-bond acceptors (Lipinski definition) is 4. The minimum absolute atomic E-state index is 0.0186. The number of nitrogens with zero attached hydrogens (tertiary/aromatic N) is 1. The first-order valence-corrected chi connectivity index (χ1v) is 14.0. The van der Waals surface area contributed by atoms with Crippen LogP contribution >= 0.6 is 11.6 Å². The van der Waals surface area contributed by atoms with Crippen molar-refractivity contribution in [3.63, 3.8) is 0 Å². The Kier molecular flexibility index (Phi) is 8.28. The van der Waals surface area contributed by atoms with E-state index in [1.807, 2.05) is 36.4 Å². The van der Waals surface area contributed by atoms with Crippen molar-refractivity contribution in [2.45, 2.75) is 63.8 Å². The van der Waals surface area contributed by atoms with Crippen molar-refractivity contribution >= 4 is 40.4 Å². The highest BCUT2D eigenvalue weighted by atomic mass is 35.5. The van der Waals surface area contributed by atoms with Crippen LogP contribution in [0.15, 0.2) is 59.7 Å². The molecular weight excluding hydrogens is 498 g/mol. The zero-order chi connectivity index (χ0) is 26.5. The second-order valence-corrected chi connectivity index (χ2v) is 10.9. The lowest BCUT2D eigenvalue weighted by Crippen LogP contribution is -2.45. The highest BCUT2D eigenvalue weighted by Crippen LogP contribution is 2.38. The first-order chi connectivity index (χ1) is 18.5. The Bertz CT molecular complexity index is 1350. The third kappa shape index (κ3) is 5.86. The van der Waals surface area contributed by atoms with Gasteiger partial charge in [-0.15, -0.1) is 0 Å². The van der Waals surface area contributed by atoms with Crippen LogP contribution in [0.2, 0.25) is 5.02 Å². The van der Waals surface area contributed by atoms with Crippen molar-refractivity contribution in [3.8, 4) is 5.75 Å². The highest BCUT2D eigenvalue weighted by Gasteiger charge is 2.33. The fourth-order valence-electron chi connectivity index (χ4n) is 6.22. The van der Waals surface area contributed by atoms with Crippen molar-refractivity contribution in [2.24, 2.45) is 16.9 Å². The SMILES string of the molecule is O=C(NN=Cc1ccc(C(=O)NC2CCCCC2C2CCCCC2)c2ccccc12)c1ccc(O)c(Cl)c1. The summed E-state index contributed by atoms with van der Waals surface area (Å²) in [6.45, 7) is 0. The molecule has 2 aliphatic rings. The van der Waals surface area contributed by atoms with E-state index >= 15 is 0 Å². The number of phenols is 1. The van der Waals surface area contributed by atoms with E-state index in [2.05, 4.69) is 15.8 Å². The smallest absolute Gasteiger partial charge is 0.271 e. The summed E-state index contributed by atoms with van der Waals surface area (Å²) < 4.78 is 0. The van der Waals surface area contributed by atoms with Crippen LogP contribution in [0.25, 0.3) is 10.8 Å². The van der Waals surface area contributed by atoms with Crippen LogP contribution < -0.4 is 10.7 Å². The normalized spacial score (nSPS) is 20.4. The van der Waals surface area contributed by atoms with Gasteiger partial charge in [-0.05, 0) is 59.7 Å². The largest absolute Gasteiger partial charge is 0.506 e. The van der Waals surface area contributed by atoms with Gasteiger partial charge in [-0.2, -0.15) is 5.10 Å². The first kappa shape index (κ1) is 26.2. The second kappa shape index (κ2) is 12.0. The number of hydrazone groups is 1. The molecule has 2 unspecified atom stereocenters. The van der Waals surface area contributed by atoms with Gasteiger partial charge in [0.05, 0.1) is 11.2 Å². The molecule has 0 radical (unpaired) electrons. The monoisotopic (exact) mass is 531 g/mol. The molecule has 198 valence electrons. The maximum Gasteiger partial charge on any atom is 0.271 e. The molecule has 2 aliphatic carbocycles. The Labute approximate surface area is 228 Å². The molecule has 0 bridgehead atoms. The molecule has 0 heterocycles. The molecule has 0 aromatic heterocycles. The van der Waals surface area contributed by atoms with Gasteiger partial charge >= 0.3 is 0 Å². The number of phenolic OH excluding ortho intramolecular Hbond substituents is 1. The maximum absolute atomic E-state index is 13.5. The number of benzene rings is 3. The van der Waals surface area contributed by atoms with Crippen molar-refractivity contribution in [3.05, 3.63) is 76.3 Å². The lowest BCUT2D eigenvalue weighted by molar-refractivity contribution is 0.0860. The Morgan fingerprint density at radius 2 is 1.61 bits per heavy atom. The van der Waals surface area contributed by atoms with Gasteiger partial charge in [0, 0.05) is 22.7 Å². The summed E-state index contributed by atoms with van der Waals surface area (Å²) in [6.07, 6.45) is 12.9. The predicted octanol–water partition coefficient (Wildman–Crippen LogP) is 6.83. The Morgan fingerprint density at radius 3 is 2.39 bits per heavy atom. The molecule has 0 saturated heterocycles. The fraction of sp³-hybridized carbons (Fsp3) is 0.387. The van der Waals surface area contributed by atoms with Crippen molar-refractivity contribution < 1.29 is 14.7 Å². The number of rotatable bonds is 6. The highest BCUT2D eigenvalue weighted by molar-refractivity contribution is 6.32. The van der Waals surface area contributed by atoms with Gasteiger partial charge in [-0.1, -0.05) is 86.9 Å². The predicted molar refractivity (Wildman–Crippen MR) is 152 cm³/mol. The van der Waals surface area contributed by atoms with Crippen LogP contribution in [0, 0.1) is 11.8 Å². The third-order valence-corrected chi connectivity index (χ3v) is 8.48. The molecule has 38 heavy (non-hydrogen) atoms. The van der Waals surface area contributed by atoms with Gasteiger partial charge in [0.25, 0.3) is 11.8 Å². The fourth-order valence-corrected chi connectivity index (χ4v) is 6.40. The molecule has 2 saturated carbocycles. The lowest BCUT2D eigenvalue weighted by Gasteiger charge is -2.39. The van der Waals surface area contributed by atoms with E-state index in [0.29, 0.717) is 11.5 Å². The third-order valence-electron chi connectivity index (χ3n) is 8.17. The number of nitrogens with one attached hydrogen (secondary N) is 2. The zero-order valence-corrected chi connectivity index (χ0v) is 22.2. The Balaban J connectivity index is 1.32. The summed E-state index contributed by atoms with van der Waals surface area (Å²) in [6, 6.07) is 15.9. The summed E-state index contributed by atoms with van der Waals surface area (Å²) in [5.74, 6) is 0.768. The van der Waals surface area contributed by atoms with Crippen LogP contribution in [0.1, 0.15) is 84.1 Å². The molecule has 6 nitrogen and oxygen atoms in total. The van der Waals surface area contributed by atoms with Gasteiger partial charge in [-0.25, -0.2) is 5.43 Å².